The number of hydrogen-bond donors (Lipinski definition) is 0. The number of methoxy groups -OCH3 is 1. The van der Waals surface area contributed by atoms with Gasteiger partial charge in [-0.1, -0.05) is 72.8 Å². The Bertz CT molecular complexity index is 1010. The van der Waals surface area contributed by atoms with Crippen LogP contribution in [-0.2, 0) is 23.2 Å². The van der Waals surface area contributed by atoms with E-state index in [0.717, 1.165) is 44.9 Å². The first kappa shape index (κ1) is 21.2. The van der Waals surface area contributed by atoms with Gasteiger partial charge in [0.1, 0.15) is 5.75 Å². The fraction of sp³-hybridized carbons (Fsp3) is 0.379. The molecular formula is C29H33NO2. The van der Waals surface area contributed by atoms with Gasteiger partial charge in [-0.3, -0.25) is 4.90 Å². The van der Waals surface area contributed by atoms with Crippen molar-refractivity contribution in [1.29, 1.82) is 0 Å². The van der Waals surface area contributed by atoms with Gasteiger partial charge in [0.15, 0.2) is 0 Å². The van der Waals surface area contributed by atoms with Crippen molar-refractivity contribution in [1.82, 2.24) is 4.90 Å². The first-order chi connectivity index (χ1) is 15.8. The van der Waals surface area contributed by atoms with E-state index in [1.807, 2.05) is 6.07 Å². The molecule has 1 heterocycles. The summed E-state index contributed by atoms with van der Waals surface area (Å²) in [5, 5.41) is 0. The summed E-state index contributed by atoms with van der Waals surface area (Å²) in [6, 6.07) is 31.0. The molecule has 3 aromatic rings. The first-order valence-electron chi connectivity index (χ1n) is 11.8. The molecule has 1 aliphatic heterocycles. The third kappa shape index (κ3) is 4.32. The number of rotatable bonds is 7. The van der Waals surface area contributed by atoms with E-state index in [1.54, 1.807) is 7.11 Å². The van der Waals surface area contributed by atoms with Crippen LogP contribution in [0.4, 0.5) is 0 Å². The van der Waals surface area contributed by atoms with Gasteiger partial charge >= 0.3 is 0 Å². The lowest BCUT2D eigenvalue weighted by Crippen LogP contribution is -2.41. The van der Waals surface area contributed by atoms with Gasteiger partial charge < -0.3 is 9.47 Å². The maximum Gasteiger partial charge on any atom is 0.119 e. The number of benzene rings is 3. The van der Waals surface area contributed by atoms with Crippen LogP contribution in [0, 0.1) is 5.92 Å². The molecule has 166 valence electrons. The molecule has 1 saturated heterocycles. The Morgan fingerprint density at radius 2 is 1.62 bits per heavy atom. The van der Waals surface area contributed by atoms with Crippen LogP contribution in [0.2, 0.25) is 0 Å². The average Bonchev–Trinajstić information content (AvgIpc) is 3.26. The normalized spacial score (nSPS) is 24.9. The van der Waals surface area contributed by atoms with Crippen molar-refractivity contribution in [3.63, 3.8) is 0 Å². The van der Waals surface area contributed by atoms with Crippen LogP contribution in [0.1, 0.15) is 36.0 Å². The Morgan fingerprint density at radius 1 is 0.906 bits per heavy atom. The summed E-state index contributed by atoms with van der Waals surface area (Å²) in [5.41, 5.74) is 4.26. The molecule has 2 aliphatic rings. The second kappa shape index (κ2) is 9.48. The zero-order valence-electron chi connectivity index (χ0n) is 19.0. The van der Waals surface area contributed by atoms with Crippen LogP contribution >= 0.6 is 0 Å². The molecule has 3 aromatic carbocycles. The lowest BCUT2D eigenvalue weighted by atomic mass is 9.70. The standard InChI is InChI=1S/C29H33NO2/c1-31-28-14-8-11-24(17-28)21-30(20-23-9-4-2-5-10-23)27-18-26-15-16-32-22-29(26,19-27)25-12-6-3-7-13-25/h2-14,17,26-27H,15-16,18-22H2,1H3/t26-,27+,29-/m1/s1. The third-order valence-electron chi connectivity index (χ3n) is 7.52. The van der Waals surface area contributed by atoms with Gasteiger partial charge in [0.25, 0.3) is 0 Å². The minimum absolute atomic E-state index is 0.132. The summed E-state index contributed by atoms with van der Waals surface area (Å²) in [6.07, 6.45) is 3.54. The molecule has 3 heteroatoms. The highest BCUT2D eigenvalue weighted by Gasteiger charge is 2.51. The zero-order chi connectivity index (χ0) is 21.8. The summed E-state index contributed by atoms with van der Waals surface area (Å²) in [6.45, 7) is 3.62. The summed E-state index contributed by atoms with van der Waals surface area (Å²) < 4.78 is 11.6. The Labute approximate surface area is 192 Å². The van der Waals surface area contributed by atoms with Crippen LogP contribution in [0.5, 0.6) is 5.75 Å². The average molecular weight is 428 g/mol. The SMILES string of the molecule is COc1cccc(CN(Cc2ccccc2)[C@H]2C[C@H]3CCOC[C@@]3(c3ccccc3)C2)c1. The predicted octanol–water partition coefficient (Wildman–Crippen LogP) is 5.83. The van der Waals surface area contributed by atoms with E-state index in [0.29, 0.717) is 12.0 Å². The van der Waals surface area contributed by atoms with Gasteiger partial charge in [0, 0.05) is 31.2 Å². The molecule has 0 N–H and O–H groups in total. The van der Waals surface area contributed by atoms with Gasteiger partial charge in [-0.25, -0.2) is 0 Å². The molecule has 3 nitrogen and oxygen atoms in total. The lowest BCUT2D eigenvalue weighted by molar-refractivity contribution is 0.00726. The quantitative estimate of drug-likeness (QED) is 0.473. The fourth-order valence-corrected chi connectivity index (χ4v) is 5.90. The van der Waals surface area contributed by atoms with E-state index in [9.17, 15) is 0 Å². The summed E-state index contributed by atoms with van der Waals surface area (Å²) >= 11 is 0. The van der Waals surface area contributed by atoms with Crippen molar-refractivity contribution in [2.75, 3.05) is 20.3 Å². The van der Waals surface area contributed by atoms with E-state index in [4.69, 9.17) is 9.47 Å². The molecule has 2 fully saturated rings. The smallest absolute Gasteiger partial charge is 0.119 e. The van der Waals surface area contributed by atoms with Gasteiger partial charge in [0.2, 0.25) is 0 Å². The Kier molecular flexibility index (Phi) is 6.29. The lowest BCUT2D eigenvalue weighted by Gasteiger charge is -2.40. The highest BCUT2D eigenvalue weighted by Crippen LogP contribution is 2.51. The second-order valence-electron chi connectivity index (χ2n) is 9.40. The number of hydrogen-bond acceptors (Lipinski definition) is 3. The first-order valence-corrected chi connectivity index (χ1v) is 11.8. The zero-order valence-corrected chi connectivity index (χ0v) is 19.0. The molecule has 0 bridgehead atoms. The largest absolute Gasteiger partial charge is 0.497 e. The Hall–Kier alpha value is -2.62. The molecule has 3 atom stereocenters. The molecule has 1 saturated carbocycles. The van der Waals surface area contributed by atoms with Gasteiger partial charge in [-0.2, -0.15) is 0 Å². The third-order valence-corrected chi connectivity index (χ3v) is 7.52. The van der Waals surface area contributed by atoms with Crippen molar-refractivity contribution in [2.24, 2.45) is 5.92 Å². The van der Waals surface area contributed by atoms with E-state index in [-0.39, 0.29) is 5.41 Å². The number of ether oxygens (including phenoxy) is 2. The molecular weight excluding hydrogens is 394 g/mol. The number of fused-ring (bicyclic) bond motifs is 1. The van der Waals surface area contributed by atoms with Crippen molar-refractivity contribution in [3.8, 4) is 5.75 Å². The summed E-state index contributed by atoms with van der Waals surface area (Å²) in [4.78, 5) is 2.69. The van der Waals surface area contributed by atoms with Crippen molar-refractivity contribution in [2.45, 2.75) is 43.8 Å². The van der Waals surface area contributed by atoms with Crippen LogP contribution in [0.3, 0.4) is 0 Å². The van der Waals surface area contributed by atoms with Crippen LogP contribution in [0.15, 0.2) is 84.9 Å². The highest BCUT2D eigenvalue weighted by atomic mass is 16.5. The van der Waals surface area contributed by atoms with Gasteiger partial charge in [-0.15, -0.1) is 0 Å². The number of nitrogens with zero attached hydrogens (tertiary/aromatic N) is 1. The second-order valence-corrected chi connectivity index (χ2v) is 9.40. The Balaban J connectivity index is 1.45. The van der Waals surface area contributed by atoms with E-state index in [2.05, 4.69) is 83.8 Å². The van der Waals surface area contributed by atoms with Crippen molar-refractivity contribution < 1.29 is 9.47 Å². The van der Waals surface area contributed by atoms with Crippen LogP contribution in [0.25, 0.3) is 0 Å². The topological polar surface area (TPSA) is 21.7 Å². The van der Waals surface area contributed by atoms with Crippen molar-refractivity contribution in [3.05, 3.63) is 102 Å². The predicted molar refractivity (Wildman–Crippen MR) is 129 cm³/mol. The minimum Gasteiger partial charge on any atom is -0.497 e. The van der Waals surface area contributed by atoms with E-state index in [1.165, 1.54) is 23.1 Å². The van der Waals surface area contributed by atoms with E-state index < -0.39 is 0 Å². The van der Waals surface area contributed by atoms with Gasteiger partial charge in [-0.05, 0) is 54.0 Å². The van der Waals surface area contributed by atoms with Gasteiger partial charge in [0.05, 0.1) is 13.7 Å². The fourth-order valence-electron chi connectivity index (χ4n) is 5.90. The molecule has 0 spiro atoms. The maximum atomic E-state index is 6.10. The Morgan fingerprint density at radius 3 is 2.41 bits per heavy atom. The monoisotopic (exact) mass is 427 g/mol. The molecule has 0 radical (unpaired) electrons. The summed E-state index contributed by atoms with van der Waals surface area (Å²) in [5.74, 6) is 1.60. The minimum atomic E-state index is 0.132. The van der Waals surface area contributed by atoms with E-state index >= 15 is 0 Å². The molecule has 0 amide bonds. The molecule has 5 rings (SSSR count). The maximum absolute atomic E-state index is 6.10. The molecule has 32 heavy (non-hydrogen) atoms. The highest BCUT2D eigenvalue weighted by molar-refractivity contribution is 5.31. The molecule has 0 unspecified atom stereocenters. The summed E-state index contributed by atoms with van der Waals surface area (Å²) in [7, 11) is 1.74. The van der Waals surface area contributed by atoms with Crippen LogP contribution < -0.4 is 4.74 Å². The van der Waals surface area contributed by atoms with Crippen LogP contribution in [-0.4, -0.2) is 31.3 Å². The molecule has 0 aromatic heterocycles. The van der Waals surface area contributed by atoms with Crippen molar-refractivity contribution >= 4 is 0 Å². The molecule has 1 aliphatic carbocycles.